The highest BCUT2D eigenvalue weighted by molar-refractivity contribution is 5.97. The molecule has 9 nitrogen and oxygen atoms in total. The second kappa shape index (κ2) is 18.1. The molecular formula is C36H65N5O4. The standard InChI is InChI=1S/C36H65N5O4/c1-11-12-13-14-16-21-37-32(42)28-20-18-23-41(28)34(44)27(6)24-30(25(2)3)39(10)35(45)31(36(7,8)9)38-33(43)29-19-15-17-22-40(29)26(4)5/h24-26,28-31H,11-23H2,1-10H3,(H,37,42)(H,38,43)/t28-,29?,30+,31+/m0/s1. The lowest BCUT2D eigenvalue weighted by Gasteiger charge is -2.41. The van der Waals surface area contributed by atoms with Crippen molar-refractivity contribution < 1.29 is 19.2 Å². The molecule has 2 aliphatic heterocycles. The lowest BCUT2D eigenvalue weighted by atomic mass is 9.84. The van der Waals surface area contributed by atoms with Gasteiger partial charge in [0.2, 0.25) is 23.6 Å². The molecule has 0 saturated carbocycles. The quantitative estimate of drug-likeness (QED) is 0.189. The SMILES string of the molecule is CCCCCCCNC(=O)[C@@H]1CCCN1C(=O)C(C)=C[C@H](C(C)C)N(C)C(=O)[C@@H](NC(=O)C1CCCCN1C(C)C)C(C)(C)C. The first-order chi connectivity index (χ1) is 21.1. The Morgan fingerprint density at radius 2 is 1.53 bits per heavy atom. The molecule has 4 atom stereocenters. The first kappa shape index (κ1) is 38.8. The molecule has 9 heteroatoms. The zero-order valence-corrected chi connectivity index (χ0v) is 30.2. The number of hydrogen-bond donors (Lipinski definition) is 2. The predicted molar refractivity (Wildman–Crippen MR) is 183 cm³/mol. The molecule has 0 radical (unpaired) electrons. The van der Waals surface area contributed by atoms with E-state index in [0.717, 1.165) is 45.1 Å². The number of nitrogens with zero attached hydrogens (tertiary/aromatic N) is 3. The van der Waals surface area contributed by atoms with Gasteiger partial charge in [0.05, 0.1) is 12.1 Å². The van der Waals surface area contributed by atoms with Crippen molar-refractivity contribution in [3.8, 4) is 0 Å². The highest BCUT2D eigenvalue weighted by Crippen LogP contribution is 2.27. The van der Waals surface area contributed by atoms with Crippen LogP contribution in [0.1, 0.15) is 127 Å². The number of piperidine rings is 1. The lowest BCUT2D eigenvalue weighted by molar-refractivity contribution is -0.142. The van der Waals surface area contributed by atoms with Crippen LogP contribution in [0.2, 0.25) is 0 Å². The van der Waals surface area contributed by atoms with E-state index >= 15 is 0 Å². The average Bonchev–Trinajstić information content (AvgIpc) is 3.48. The molecular weight excluding hydrogens is 566 g/mol. The summed E-state index contributed by atoms with van der Waals surface area (Å²) in [4.78, 5) is 60.0. The fraction of sp³-hybridized carbons (Fsp3) is 0.833. The number of rotatable bonds is 15. The van der Waals surface area contributed by atoms with Crippen molar-refractivity contribution in [2.75, 3.05) is 26.7 Å². The van der Waals surface area contributed by atoms with E-state index in [1.165, 1.54) is 19.3 Å². The maximum Gasteiger partial charge on any atom is 0.249 e. The Morgan fingerprint density at radius 3 is 2.13 bits per heavy atom. The first-order valence-electron chi connectivity index (χ1n) is 17.7. The number of hydrogen-bond acceptors (Lipinski definition) is 5. The minimum Gasteiger partial charge on any atom is -0.354 e. The van der Waals surface area contributed by atoms with Crippen molar-refractivity contribution >= 4 is 23.6 Å². The largest absolute Gasteiger partial charge is 0.354 e. The predicted octanol–water partition coefficient (Wildman–Crippen LogP) is 5.29. The highest BCUT2D eigenvalue weighted by Gasteiger charge is 2.40. The smallest absolute Gasteiger partial charge is 0.249 e. The number of unbranched alkanes of at least 4 members (excludes halogenated alkanes) is 4. The maximum absolute atomic E-state index is 14.1. The van der Waals surface area contributed by atoms with Gasteiger partial charge in [-0.2, -0.15) is 0 Å². The zero-order valence-electron chi connectivity index (χ0n) is 30.2. The summed E-state index contributed by atoms with van der Waals surface area (Å²) in [6.07, 6.45) is 11.8. The van der Waals surface area contributed by atoms with Crippen molar-refractivity contribution in [3.05, 3.63) is 11.6 Å². The van der Waals surface area contributed by atoms with E-state index in [1.54, 1.807) is 23.8 Å². The number of carbonyl (C=O) groups excluding carboxylic acids is 4. The topological polar surface area (TPSA) is 102 Å². The van der Waals surface area contributed by atoms with Crippen molar-refractivity contribution in [1.82, 2.24) is 25.3 Å². The molecule has 2 fully saturated rings. The molecule has 2 heterocycles. The normalized spacial score (nSPS) is 21.2. The van der Waals surface area contributed by atoms with E-state index in [-0.39, 0.29) is 47.7 Å². The van der Waals surface area contributed by atoms with Crippen molar-refractivity contribution in [3.63, 3.8) is 0 Å². The molecule has 0 aliphatic carbocycles. The molecule has 4 amide bonds. The molecule has 1 unspecified atom stereocenters. The Hall–Kier alpha value is -2.42. The van der Waals surface area contributed by atoms with Crippen LogP contribution in [0.4, 0.5) is 0 Å². The lowest BCUT2D eigenvalue weighted by Crippen LogP contribution is -2.60. The minimum atomic E-state index is -0.717. The number of nitrogens with one attached hydrogen (secondary N) is 2. The maximum atomic E-state index is 14.1. The van der Waals surface area contributed by atoms with Crippen LogP contribution >= 0.6 is 0 Å². The van der Waals surface area contributed by atoms with Crippen LogP contribution in [0.25, 0.3) is 0 Å². The fourth-order valence-electron chi connectivity index (χ4n) is 6.74. The third-order valence-electron chi connectivity index (χ3n) is 9.54. The molecule has 2 aliphatic rings. The Bertz CT molecular complexity index is 1020. The third kappa shape index (κ3) is 11.1. The van der Waals surface area contributed by atoms with Crippen LogP contribution < -0.4 is 10.6 Å². The fourth-order valence-corrected chi connectivity index (χ4v) is 6.74. The monoisotopic (exact) mass is 632 g/mol. The van der Waals surface area contributed by atoms with Gasteiger partial charge >= 0.3 is 0 Å². The van der Waals surface area contributed by atoms with Gasteiger partial charge in [-0.1, -0.05) is 79.7 Å². The summed E-state index contributed by atoms with van der Waals surface area (Å²) in [5.74, 6) is -0.468. The zero-order chi connectivity index (χ0) is 33.9. The van der Waals surface area contributed by atoms with Crippen LogP contribution in [0.15, 0.2) is 11.6 Å². The van der Waals surface area contributed by atoms with E-state index in [1.807, 2.05) is 40.7 Å². The molecule has 0 bridgehead atoms. The molecule has 45 heavy (non-hydrogen) atoms. The molecule has 0 aromatic carbocycles. The summed E-state index contributed by atoms with van der Waals surface area (Å²) in [5.41, 5.74) is 0.0133. The van der Waals surface area contributed by atoms with Gasteiger partial charge in [0.25, 0.3) is 0 Å². The van der Waals surface area contributed by atoms with Gasteiger partial charge < -0.3 is 20.4 Å². The van der Waals surface area contributed by atoms with Crippen LogP contribution in [0.5, 0.6) is 0 Å². The Morgan fingerprint density at radius 1 is 0.889 bits per heavy atom. The second-order valence-electron chi connectivity index (χ2n) is 15.0. The van der Waals surface area contributed by atoms with E-state index in [4.69, 9.17) is 0 Å². The van der Waals surface area contributed by atoms with E-state index in [0.29, 0.717) is 25.1 Å². The molecule has 2 saturated heterocycles. The van der Waals surface area contributed by atoms with Gasteiger partial charge in [-0.25, -0.2) is 0 Å². The van der Waals surface area contributed by atoms with E-state index < -0.39 is 17.5 Å². The summed E-state index contributed by atoms with van der Waals surface area (Å²) in [7, 11) is 1.76. The number of amides is 4. The Balaban J connectivity index is 2.16. The van der Waals surface area contributed by atoms with Crippen molar-refractivity contribution in [2.45, 2.75) is 157 Å². The molecule has 2 rings (SSSR count). The van der Waals surface area contributed by atoms with Crippen LogP contribution in [-0.4, -0.2) is 95.2 Å². The van der Waals surface area contributed by atoms with Crippen LogP contribution in [0, 0.1) is 11.3 Å². The van der Waals surface area contributed by atoms with Gasteiger partial charge in [-0.05, 0) is 70.8 Å². The molecule has 0 aromatic rings. The summed E-state index contributed by atoms with van der Waals surface area (Å²) in [6.45, 7) is 20.3. The molecule has 2 N–H and O–H groups in total. The first-order valence-corrected chi connectivity index (χ1v) is 17.7. The van der Waals surface area contributed by atoms with E-state index in [2.05, 4.69) is 36.3 Å². The molecule has 0 aromatic heterocycles. The van der Waals surface area contributed by atoms with Gasteiger partial charge in [-0.15, -0.1) is 0 Å². The van der Waals surface area contributed by atoms with Crippen LogP contribution in [0.3, 0.4) is 0 Å². The van der Waals surface area contributed by atoms with E-state index in [9.17, 15) is 19.2 Å². The second-order valence-corrected chi connectivity index (χ2v) is 15.0. The van der Waals surface area contributed by atoms with Gasteiger partial charge in [0.15, 0.2) is 0 Å². The highest BCUT2D eigenvalue weighted by atomic mass is 16.2. The van der Waals surface area contributed by atoms with Crippen molar-refractivity contribution in [1.29, 1.82) is 0 Å². The number of carbonyl (C=O) groups is 4. The Kier molecular flexibility index (Phi) is 15.6. The summed E-state index contributed by atoms with van der Waals surface area (Å²) in [6, 6.07) is -1.53. The summed E-state index contributed by atoms with van der Waals surface area (Å²) < 4.78 is 0. The molecule has 258 valence electrons. The van der Waals surface area contributed by atoms with Gasteiger partial charge in [0, 0.05) is 31.8 Å². The van der Waals surface area contributed by atoms with Gasteiger partial charge in [-0.3, -0.25) is 24.1 Å². The average molecular weight is 632 g/mol. The van der Waals surface area contributed by atoms with Gasteiger partial charge in [0.1, 0.15) is 12.1 Å². The third-order valence-corrected chi connectivity index (χ3v) is 9.54. The number of likely N-dealkylation sites (N-methyl/N-ethyl adjacent to an activating group) is 1. The Labute approximate surface area is 274 Å². The van der Waals surface area contributed by atoms with Crippen molar-refractivity contribution in [2.24, 2.45) is 11.3 Å². The minimum absolute atomic E-state index is 0.0261. The summed E-state index contributed by atoms with van der Waals surface area (Å²) >= 11 is 0. The number of likely N-dealkylation sites (tertiary alicyclic amines) is 2. The van der Waals surface area contributed by atoms with Crippen LogP contribution in [-0.2, 0) is 19.2 Å². The molecule has 0 spiro atoms. The summed E-state index contributed by atoms with van der Waals surface area (Å²) in [5, 5.41) is 6.19.